The molecular formula is C22H24N8O. The van der Waals surface area contributed by atoms with Gasteiger partial charge in [-0.05, 0) is 37.1 Å². The summed E-state index contributed by atoms with van der Waals surface area (Å²) in [7, 11) is 0. The van der Waals surface area contributed by atoms with Gasteiger partial charge in [0.1, 0.15) is 17.8 Å². The van der Waals surface area contributed by atoms with E-state index in [2.05, 4.69) is 40.7 Å². The molecule has 1 saturated heterocycles. The molecule has 0 unspecified atom stereocenters. The van der Waals surface area contributed by atoms with Crippen molar-refractivity contribution in [3.63, 3.8) is 0 Å². The lowest BCUT2D eigenvalue weighted by Gasteiger charge is -2.34. The number of nitrogens with one attached hydrogen (secondary N) is 4. The average Bonchev–Trinajstić information content (AvgIpc) is 3.50. The SMILES string of the molecule is O=C(CNc1cccc(-c2ccn[nH]2)c1)N[C@@H]1CCCN(c2ncnc3[nH]ccc23)C1. The van der Waals surface area contributed by atoms with Gasteiger partial charge in [0.15, 0.2) is 0 Å². The second-order valence-corrected chi connectivity index (χ2v) is 7.69. The molecule has 158 valence electrons. The van der Waals surface area contributed by atoms with E-state index in [0.717, 1.165) is 59.7 Å². The number of piperidine rings is 1. The van der Waals surface area contributed by atoms with E-state index < -0.39 is 0 Å². The Labute approximate surface area is 179 Å². The Morgan fingerprint density at radius 1 is 1.23 bits per heavy atom. The second kappa shape index (κ2) is 8.47. The number of H-pyrrole nitrogens is 2. The molecule has 1 atom stereocenters. The highest BCUT2D eigenvalue weighted by Gasteiger charge is 2.23. The van der Waals surface area contributed by atoms with E-state index in [4.69, 9.17) is 0 Å². The molecule has 3 aromatic heterocycles. The molecule has 1 aromatic carbocycles. The van der Waals surface area contributed by atoms with Crippen molar-refractivity contribution in [3.8, 4) is 11.3 Å². The predicted molar refractivity (Wildman–Crippen MR) is 120 cm³/mol. The van der Waals surface area contributed by atoms with Crippen LogP contribution in [0.2, 0.25) is 0 Å². The Morgan fingerprint density at radius 3 is 3.10 bits per heavy atom. The molecule has 0 aliphatic carbocycles. The van der Waals surface area contributed by atoms with E-state index in [1.165, 1.54) is 0 Å². The maximum Gasteiger partial charge on any atom is 0.239 e. The van der Waals surface area contributed by atoms with Gasteiger partial charge in [-0.15, -0.1) is 0 Å². The summed E-state index contributed by atoms with van der Waals surface area (Å²) in [6.45, 7) is 1.87. The summed E-state index contributed by atoms with van der Waals surface area (Å²) in [5.41, 5.74) is 3.68. The molecule has 4 N–H and O–H groups in total. The van der Waals surface area contributed by atoms with Crippen molar-refractivity contribution in [1.82, 2.24) is 30.5 Å². The lowest BCUT2D eigenvalue weighted by Crippen LogP contribution is -2.49. The van der Waals surface area contributed by atoms with Gasteiger partial charge in [0.2, 0.25) is 5.91 Å². The monoisotopic (exact) mass is 416 g/mol. The number of carbonyl (C=O) groups excluding carboxylic acids is 1. The first-order chi connectivity index (χ1) is 15.3. The number of anilines is 2. The maximum atomic E-state index is 12.6. The third-order valence-electron chi connectivity index (χ3n) is 5.55. The van der Waals surface area contributed by atoms with Gasteiger partial charge in [-0.2, -0.15) is 5.10 Å². The van der Waals surface area contributed by atoms with Crippen LogP contribution in [0.25, 0.3) is 22.3 Å². The highest BCUT2D eigenvalue weighted by Crippen LogP contribution is 2.25. The summed E-state index contributed by atoms with van der Waals surface area (Å²) in [6, 6.07) is 11.9. The lowest BCUT2D eigenvalue weighted by atomic mass is 10.1. The second-order valence-electron chi connectivity index (χ2n) is 7.69. The molecule has 0 radical (unpaired) electrons. The minimum absolute atomic E-state index is 0.0201. The lowest BCUT2D eigenvalue weighted by molar-refractivity contribution is -0.120. The van der Waals surface area contributed by atoms with Gasteiger partial charge >= 0.3 is 0 Å². The number of rotatable bonds is 6. The standard InChI is InChI=1S/C22H24N8O/c31-20(12-24-16-4-1-3-15(11-16)19-7-9-27-29-19)28-17-5-2-10-30(13-17)22-18-6-8-23-21(18)25-14-26-22/h1,3-4,6-9,11,14,17,24H,2,5,10,12-13H2,(H,27,29)(H,28,31)(H,23,25,26)/t17-/m1/s1. The third-order valence-corrected chi connectivity index (χ3v) is 5.55. The number of hydrogen-bond donors (Lipinski definition) is 4. The van der Waals surface area contributed by atoms with Gasteiger partial charge in [-0.3, -0.25) is 9.89 Å². The van der Waals surface area contributed by atoms with Crippen LogP contribution in [0.4, 0.5) is 11.5 Å². The number of aromatic nitrogens is 5. The van der Waals surface area contributed by atoms with Crippen LogP contribution in [-0.4, -0.2) is 56.7 Å². The van der Waals surface area contributed by atoms with Gasteiger partial charge in [0, 0.05) is 42.8 Å². The fourth-order valence-corrected chi connectivity index (χ4v) is 4.07. The quantitative estimate of drug-likeness (QED) is 0.384. The minimum Gasteiger partial charge on any atom is -0.376 e. The Balaban J connectivity index is 1.18. The molecular weight excluding hydrogens is 392 g/mol. The normalized spacial score (nSPS) is 16.4. The van der Waals surface area contributed by atoms with Crippen LogP contribution < -0.4 is 15.5 Å². The molecule has 0 saturated carbocycles. The van der Waals surface area contributed by atoms with Crippen molar-refractivity contribution in [2.45, 2.75) is 18.9 Å². The van der Waals surface area contributed by atoms with Crippen LogP contribution in [0.5, 0.6) is 0 Å². The van der Waals surface area contributed by atoms with Crippen molar-refractivity contribution in [2.24, 2.45) is 0 Å². The number of aromatic amines is 2. The predicted octanol–water partition coefficient (Wildman–Crippen LogP) is 2.55. The number of benzene rings is 1. The smallest absolute Gasteiger partial charge is 0.239 e. The molecule has 5 rings (SSSR count). The van der Waals surface area contributed by atoms with Crippen molar-refractivity contribution >= 4 is 28.4 Å². The summed E-state index contributed by atoms with van der Waals surface area (Å²) >= 11 is 0. The van der Waals surface area contributed by atoms with E-state index in [9.17, 15) is 4.79 Å². The van der Waals surface area contributed by atoms with Gasteiger partial charge in [-0.25, -0.2) is 9.97 Å². The van der Waals surface area contributed by atoms with Crippen LogP contribution in [0, 0.1) is 0 Å². The van der Waals surface area contributed by atoms with Crippen LogP contribution in [0.15, 0.2) is 55.1 Å². The first-order valence-corrected chi connectivity index (χ1v) is 10.4. The van der Waals surface area contributed by atoms with Crippen molar-refractivity contribution < 1.29 is 4.79 Å². The molecule has 1 aliphatic heterocycles. The summed E-state index contributed by atoms with van der Waals surface area (Å²) in [5, 5.41) is 14.3. The summed E-state index contributed by atoms with van der Waals surface area (Å²) < 4.78 is 0. The van der Waals surface area contributed by atoms with Gasteiger partial charge in [0.25, 0.3) is 0 Å². The Hall–Kier alpha value is -3.88. The Morgan fingerprint density at radius 2 is 2.19 bits per heavy atom. The van der Waals surface area contributed by atoms with E-state index in [-0.39, 0.29) is 18.5 Å². The molecule has 0 bridgehead atoms. The fraction of sp³-hybridized carbons (Fsp3) is 0.273. The van der Waals surface area contributed by atoms with Crippen LogP contribution >= 0.6 is 0 Å². The third kappa shape index (κ3) is 4.20. The maximum absolute atomic E-state index is 12.6. The van der Waals surface area contributed by atoms with Gasteiger partial charge in [-0.1, -0.05) is 12.1 Å². The van der Waals surface area contributed by atoms with E-state index in [1.807, 2.05) is 42.6 Å². The zero-order chi connectivity index (χ0) is 21.0. The molecule has 4 aromatic rings. The topological polar surface area (TPSA) is 115 Å². The number of amides is 1. The number of nitrogens with zero attached hydrogens (tertiary/aromatic N) is 4. The highest BCUT2D eigenvalue weighted by atomic mass is 16.2. The van der Waals surface area contributed by atoms with Crippen LogP contribution in [0.3, 0.4) is 0 Å². The highest BCUT2D eigenvalue weighted by molar-refractivity contribution is 5.87. The summed E-state index contributed by atoms with van der Waals surface area (Å²) in [4.78, 5) is 26.7. The molecule has 1 amide bonds. The molecule has 9 heteroatoms. The minimum atomic E-state index is -0.0201. The summed E-state index contributed by atoms with van der Waals surface area (Å²) in [5.74, 6) is 0.896. The zero-order valence-electron chi connectivity index (χ0n) is 17.0. The number of fused-ring (bicyclic) bond motifs is 1. The first kappa shape index (κ1) is 19.1. The Bertz CT molecular complexity index is 1170. The first-order valence-electron chi connectivity index (χ1n) is 10.4. The molecule has 1 fully saturated rings. The fourth-order valence-electron chi connectivity index (χ4n) is 4.07. The number of hydrogen-bond acceptors (Lipinski definition) is 6. The van der Waals surface area contributed by atoms with E-state index in [0.29, 0.717) is 0 Å². The molecule has 31 heavy (non-hydrogen) atoms. The van der Waals surface area contributed by atoms with Crippen LogP contribution in [0.1, 0.15) is 12.8 Å². The largest absolute Gasteiger partial charge is 0.376 e. The summed E-state index contributed by atoms with van der Waals surface area (Å²) in [6.07, 6.45) is 7.13. The number of carbonyl (C=O) groups is 1. The van der Waals surface area contributed by atoms with Crippen molar-refractivity contribution in [3.05, 3.63) is 55.1 Å². The van der Waals surface area contributed by atoms with Crippen LogP contribution in [-0.2, 0) is 4.79 Å². The van der Waals surface area contributed by atoms with E-state index in [1.54, 1.807) is 12.5 Å². The molecule has 0 spiro atoms. The average molecular weight is 416 g/mol. The molecule has 9 nitrogen and oxygen atoms in total. The Kier molecular flexibility index (Phi) is 5.22. The van der Waals surface area contributed by atoms with Crippen molar-refractivity contribution in [1.29, 1.82) is 0 Å². The zero-order valence-corrected chi connectivity index (χ0v) is 17.0. The molecule has 4 heterocycles. The van der Waals surface area contributed by atoms with Gasteiger partial charge in [0.05, 0.1) is 17.6 Å². The molecule has 1 aliphatic rings. The van der Waals surface area contributed by atoms with Gasteiger partial charge < -0.3 is 20.5 Å². The van der Waals surface area contributed by atoms with Crippen molar-refractivity contribution in [2.75, 3.05) is 29.9 Å². The van der Waals surface area contributed by atoms with E-state index >= 15 is 0 Å².